The third-order valence-corrected chi connectivity index (χ3v) is 8.06. The quantitative estimate of drug-likeness (QED) is 0.141. The van der Waals surface area contributed by atoms with E-state index in [1.165, 1.54) is 0 Å². The fourth-order valence-electron chi connectivity index (χ4n) is 5.65. The second-order valence-corrected chi connectivity index (χ2v) is 12.1. The van der Waals surface area contributed by atoms with Gasteiger partial charge in [0.25, 0.3) is 5.56 Å². The van der Waals surface area contributed by atoms with E-state index in [-0.39, 0.29) is 23.1 Å². The second kappa shape index (κ2) is 14.9. The number of aromatic nitrogens is 2. The molecule has 47 heavy (non-hydrogen) atoms. The third kappa shape index (κ3) is 7.41. The number of amides is 2. The molecule has 0 aliphatic rings. The number of urea groups is 1. The summed E-state index contributed by atoms with van der Waals surface area (Å²) in [6, 6.07) is 24.2. The molecule has 0 bridgehead atoms. The van der Waals surface area contributed by atoms with Crippen molar-refractivity contribution in [3.05, 3.63) is 107 Å². The predicted molar refractivity (Wildman–Crippen MR) is 191 cm³/mol. The van der Waals surface area contributed by atoms with Crippen molar-refractivity contribution >= 4 is 39.8 Å². The van der Waals surface area contributed by atoms with Gasteiger partial charge in [0, 0.05) is 29.4 Å². The molecule has 5 rings (SSSR count). The monoisotopic (exact) mass is 630 g/mol. The first-order valence-electron chi connectivity index (χ1n) is 16.1. The van der Waals surface area contributed by atoms with Crippen LogP contribution in [0.25, 0.3) is 22.2 Å². The number of benzene rings is 3. The molecule has 2 amide bonds. The Labute approximate surface area is 275 Å². The maximum atomic E-state index is 14.2. The Morgan fingerprint density at radius 2 is 1.53 bits per heavy atom. The van der Waals surface area contributed by atoms with E-state index in [0.717, 1.165) is 40.6 Å². The molecule has 0 saturated carbocycles. The fraction of sp³-hybridized carbons (Fsp3) is 0.289. The van der Waals surface area contributed by atoms with Gasteiger partial charge in [-0.3, -0.25) is 9.36 Å². The van der Waals surface area contributed by atoms with Gasteiger partial charge in [0.05, 0.1) is 18.5 Å². The summed E-state index contributed by atoms with van der Waals surface area (Å²) in [6.45, 7) is 10.8. The van der Waals surface area contributed by atoms with Gasteiger partial charge in [0.2, 0.25) is 0 Å². The van der Waals surface area contributed by atoms with Crippen molar-refractivity contribution in [2.24, 2.45) is 10.2 Å². The summed E-state index contributed by atoms with van der Waals surface area (Å²) in [5, 5.41) is 15.8. The van der Waals surface area contributed by atoms with Crippen molar-refractivity contribution in [2.75, 3.05) is 17.7 Å². The number of pyridine rings is 2. The third-order valence-electron chi connectivity index (χ3n) is 8.06. The molecule has 0 aliphatic heterocycles. The predicted octanol–water partition coefficient (Wildman–Crippen LogP) is 10.2. The number of rotatable bonds is 11. The zero-order valence-electron chi connectivity index (χ0n) is 27.9. The minimum atomic E-state index is -0.515. The summed E-state index contributed by atoms with van der Waals surface area (Å²) in [4.78, 5) is 32.8. The van der Waals surface area contributed by atoms with E-state index in [0.29, 0.717) is 34.9 Å². The maximum Gasteiger partial charge on any atom is 0.323 e. The highest BCUT2D eigenvalue weighted by atomic mass is 16.5. The minimum Gasteiger partial charge on any atom is -0.497 e. The van der Waals surface area contributed by atoms with Gasteiger partial charge >= 0.3 is 6.03 Å². The van der Waals surface area contributed by atoms with Crippen LogP contribution >= 0.6 is 0 Å². The average molecular weight is 631 g/mol. The van der Waals surface area contributed by atoms with Gasteiger partial charge in [0.15, 0.2) is 0 Å². The molecule has 9 nitrogen and oxygen atoms in total. The normalized spacial score (nSPS) is 11.5. The van der Waals surface area contributed by atoms with Crippen molar-refractivity contribution in [3.8, 4) is 16.9 Å². The molecule has 0 unspecified atom stereocenters. The molecule has 2 aromatic heterocycles. The molecule has 0 atom stereocenters. The molecule has 0 spiro atoms. The van der Waals surface area contributed by atoms with Crippen molar-refractivity contribution < 1.29 is 9.53 Å². The van der Waals surface area contributed by atoms with Gasteiger partial charge < -0.3 is 15.4 Å². The van der Waals surface area contributed by atoms with Crippen molar-refractivity contribution in [3.63, 3.8) is 0 Å². The number of anilines is 2. The number of carbonyl (C=O) groups excluding carboxylic acids is 1. The first-order chi connectivity index (χ1) is 22.7. The molecular weight excluding hydrogens is 588 g/mol. The number of hydrogen-bond acceptors (Lipinski definition) is 6. The van der Waals surface area contributed by atoms with Crippen molar-refractivity contribution in [1.82, 2.24) is 9.55 Å². The number of aryl methyl sites for hydroxylation is 1. The molecular formula is C38H42N6O3. The lowest BCUT2D eigenvalue weighted by molar-refractivity contribution is 0.262. The number of azo groups is 1. The summed E-state index contributed by atoms with van der Waals surface area (Å²) >= 11 is 0. The van der Waals surface area contributed by atoms with Crippen LogP contribution in [0.3, 0.4) is 0 Å². The van der Waals surface area contributed by atoms with E-state index in [1.54, 1.807) is 17.9 Å². The number of nitrogens with one attached hydrogen (secondary N) is 2. The van der Waals surface area contributed by atoms with Crippen LogP contribution in [0.1, 0.15) is 70.4 Å². The molecule has 0 aliphatic carbocycles. The van der Waals surface area contributed by atoms with Gasteiger partial charge in [-0.2, -0.15) is 10.2 Å². The highest BCUT2D eigenvalue weighted by Gasteiger charge is 2.23. The van der Waals surface area contributed by atoms with E-state index in [9.17, 15) is 9.59 Å². The number of fused-ring (bicyclic) bond motifs is 1. The average Bonchev–Trinajstić information content (AvgIpc) is 3.08. The number of ether oxygens (including phenoxy) is 1. The number of carbonyl (C=O) groups is 1. The van der Waals surface area contributed by atoms with E-state index in [2.05, 4.69) is 60.5 Å². The Kier molecular flexibility index (Phi) is 10.5. The highest BCUT2D eigenvalue weighted by Crippen LogP contribution is 2.38. The Morgan fingerprint density at radius 1 is 0.851 bits per heavy atom. The summed E-state index contributed by atoms with van der Waals surface area (Å²) in [7, 11) is 1.60. The lowest BCUT2D eigenvalue weighted by atomic mass is 9.92. The number of nitrogens with zero attached hydrogens (tertiary/aromatic N) is 4. The van der Waals surface area contributed by atoms with Crippen LogP contribution < -0.4 is 20.9 Å². The molecule has 3 aromatic carbocycles. The van der Waals surface area contributed by atoms with Gasteiger partial charge in [-0.1, -0.05) is 71.4 Å². The zero-order valence-corrected chi connectivity index (χ0v) is 27.9. The Hall–Kier alpha value is -5.31. The van der Waals surface area contributed by atoms with Crippen LogP contribution in [0.2, 0.25) is 0 Å². The highest BCUT2D eigenvalue weighted by molar-refractivity contribution is 6.08. The molecule has 2 heterocycles. The molecule has 0 radical (unpaired) electrons. The summed E-state index contributed by atoms with van der Waals surface area (Å²) in [5.74, 6) is 0.776. The Balaban J connectivity index is 1.61. The van der Waals surface area contributed by atoms with Crippen molar-refractivity contribution in [1.29, 1.82) is 0 Å². The zero-order chi connectivity index (χ0) is 33.5. The van der Waals surface area contributed by atoms with E-state index >= 15 is 0 Å². The van der Waals surface area contributed by atoms with Crippen LogP contribution in [0.15, 0.2) is 100 Å². The molecule has 0 saturated heterocycles. The number of unbranched alkanes of at least 4 members (excludes halogenated alkanes) is 1. The van der Waals surface area contributed by atoms with Gasteiger partial charge in [-0.15, -0.1) is 0 Å². The maximum absolute atomic E-state index is 14.2. The molecule has 5 aromatic rings. The Bertz CT molecular complexity index is 1940. The minimum absolute atomic E-state index is 0.0695. The molecule has 0 fully saturated rings. The van der Waals surface area contributed by atoms with Crippen LogP contribution in [0, 0.1) is 0 Å². The standard InChI is InChI=1S/C38H42N6O3/c1-7-8-20-44-36-30(18-13-19-39-36)33(26-14-12-17-29(21-26)47-6)35(37(44)45)41-38(46)40-34-31(24(2)3)22-28(23-32(34)25(4)5)43-42-27-15-10-9-11-16-27/h9-19,21-25H,7-8,20H2,1-6H3,(H2,40,41,46). The summed E-state index contributed by atoms with van der Waals surface area (Å²) < 4.78 is 7.16. The van der Waals surface area contributed by atoms with Crippen molar-refractivity contribution in [2.45, 2.75) is 65.8 Å². The van der Waals surface area contributed by atoms with E-state index < -0.39 is 6.03 Å². The lowest BCUT2D eigenvalue weighted by Crippen LogP contribution is -2.30. The van der Waals surface area contributed by atoms with Crippen LogP contribution in [0.4, 0.5) is 27.5 Å². The topological polar surface area (TPSA) is 110 Å². The lowest BCUT2D eigenvalue weighted by Gasteiger charge is -2.22. The smallest absolute Gasteiger partial charge is 0.323 e. The molecule has 9 heteroatoms. The first-order valence-corrected chi connectivity index (χ1v) is 16.1. The van der Waals surface area contributed by atoms with Gasteiger partial charge in [-0.05, 0) is 83.5 Å². The van der Waals surface area contributed by atoms with Gasteiger partial charge in [0.1, 0.15) is 17.1 Å². The van der Waals surface area contributed by atoms with E-state index in [4.69, 9.17) is 4.74 Å². The fourth-order valence-corrected chi connectivity index (χ4v) is 5.65. The number of methoxy groups -OCH3 is 1. The number of hydrogen-bond donors (Lipinski definition) is 2. The molecule has 242 valence electrons. The van der Waals surface area contributed by atoms with Crippen LogP contribution in [0.5, 0.6) is 5.75 Å². The molecule has 2 N–H and O–H groups in total. The Morgan fingerprint density at radius 3 is 2.19 bits per heavy atom. The first kappa shape index (κ1) is 33.1. The largest absolute Gasteiger partial charge is 0.497 e. The summed E-state index contributed by atoms with van der Waals surface area (Å²) in [6.07, 6.45) is 3.38. The van der Waals surface area contributed by atoms with Crippen LogP contribution in [-0.4, -0.2) is 22.7 Å². The SMILES string of the molecule is CCCCn1c(=O)c(NC(=O)Nc2c(C(C)C)cc(N=Nc3ccccc3)cc2C(C)C)c(-c2cccc(OC)c2)c2cccnc21. The summed E-state index contributed by atoms with van der Waals surface area (Å²) in [5.41, 5.74) is 5.75. The van der Waals surface area contributed by atoms with Gasteiger partial charge in [-0.25, -0.2) is 9.78 Å². The van der Waals surface area contributed by atoms with Crippen LogP contribution in [-0.2, 0) is 6.54 Å². The van der Waals surface area contributed by atoms with E-state index in [1.807, 2.05) is 78.9 Å². The second-order valence-electron chi connectivity index (χ2n) is 12.1.